The van der Waals surface area contributed by atoms with Crippen LogP contribution in [0.15, 0.2) is 56.8 Å². The van der Waals surface area contributed by atoms with Gasteiger partial charge < -0.3 is 4.74 Å². The highest BCUT2D eigenvalue weighted by atomic mass is 79.9. The number of halogens is 1. The number of aryl methyl sites for hydroxylation is 1. The first-order chi connectivity index (χ1) is 13.0. The molecule has 138 valence electrons. The summed E-state index contributed by atoms with van der Waals surface area (Å²) in [5, 5.41) is 9.11. The molecular weight excluding hydrogens is 412 g/mol. The summed E-state index contributed by atoms with van der Waals surface area (Å²) < 4.78 is 7.39. The molecule has 8 heteroatoms. The van der Waals surface area contributed by atoms with Gasteiger partial charge in [0.2, 0.25) is 0 Å². The third kappa shape index (κ3) is 3.90. The molecule has 0 aliphatic carbocycles. The number of nitrogens with one attached hydrogen (secondary N) is 1. The number of hydrogen-bond acceptors (Lipinski definition) is 5. The van der Waals surface area contributed by atoms with Crippen LogP contribution in [0.3, 0.4) is 0 Å². The number of nitrogens with zero attached hydrogens (tertiary/aromatic N) is 3. The molecule has 0 spiro atoms. The van der Waals surface area contributed by atoms with Gasteiger partial charge in [0.05, 0.1) is 18.7 Å². The second-order valence-electron chi connectivity index (χ2n) is 5.60. The van der Waals surface area contributed by atoms with Crippen molar-refractivity contribution in [1.29, 1.82) is 0 Å². The van der Waals surface area contributed by atoms with Gasteiger partial charge in [-0.15, -0.1) is 0 Å². The van der Waals surface area contributed by atoms with E-state index >= 15 is 0 Å². The van der Waals surface area contributed by atoms with E-state index in [1.54, 1.807) is 44.4 Å². The zero-order chi connectivity index (χ0) is 19.4. The molecule has 0 saturated heterocycles. The molecule has 0 atom stereocenters. The molecule has 0 saturated carbocycles. The van der Waals surface area contributed by atoms with Gasteiger partial charge in [-0.1, -0.05) is 34.1 Å². The second kappa shape index (κ2) is 8.13. The summed E-state index contributed by atoms with van der Waals surface area (Å²) in [6.07, 6.45) is 1.49. The molecule has 0 radical (unpaired) electrons. The van der Waals surface area contributed by atoms with Crippen LogP contribution in [0.25, 0.3) is 10.8 Å². The third-order valence-corrected chi connectivity index (χ3v) is 4.44. The number of carbonyl (C=O) groups is 1. The number of rotatable bonds is 5. The standard InChI is InChI=1S/C19H17BrN4O3/c1-3-24-19(26)15-7-5-4-6-14(15)17(23-24)18(25)22-21-11-12-10-13(20)8-9-16(12)27-2/h4-11H,3H2,1-2H3,(H,22,25)/b21-11+. The highest BCUT2D eigenvalue weighted by Gasteiger charge is 2.15. The molecule has 0 aliphatic heterocycles. The number of amides is 1. The Balaban J connectivity index is 1.92. The lowest BCUT2D eigenvalue weighted by Crippen LogP contribution is -2.28. The minimum Gasteiger partial charge on any atom is -0.496 e. The Hall–Kier alpha value is -3.00. The predicted molar refractivity (Wildman–Crippen MR) is 107 cm³/mol. The van der Waals surface area contributed by atoms with Crippen molar-refractivity contribution >= 4 is 38.8 Å². The number of fused-ring (bicyclic) bond motifs is 1. The van der Waals surface area contributed by atoms with E-state index in [0.717, 1.165) is 4.47 Å². The summed E-state index contributed by atoms with van der Waals surface area (Å²) in [5.41, 5.74) is 3.07. The van der Waals surface area contributed by atoms with Crippen LogP contribution in [0.4, 0.5) is 0 Å². The van der Waals surface area contributed by atoms with Gasteiger partial charge in [0.25, 0.3) is 11.5 Å². The number of benzene rings is 2. The number of hydrogen-bond donors (Lipinski definition) is 1. The molecule has 0 aliphatic rings. The van der Waals surface area contributed by atoms with E-state index in [1.165, 1.54) is 10.9 Å². The van der Waals surface area contributed by atoms with Crippen LogP contribution in [0, 0.1) is 0 Å². The van der Waals surface area contributed by atoms with Gasteiger partial charge in [-0.25, -0.2) is 10.1 Å². The zero-order valence-corrected chi connectivity index (χ0v) is 16.4. The predicted octanol–water partition coefficient (Wildman–Crippen LogP) is 2.95. The van der Waals surface area contributed by atoms with E-state index in [1.807, 2.05) is 12.1 Å². The molecule has 7 nitrogen and oxygen atoms in total. The van der Waals surface area contributed by atoms with E-state index in [4.69, 9.17) is 4.74 Å². The van der Waals surface area contributed by atoms with Crippen LogP contribution in [0.1, 0.15) is 23.0 Å². The normalized spacial score (nSPS) is 11.1. The SMILES string of the molecule is CCn1nc(C(=O)N/N=C/c2cc(Br)ccc2OC)c2ccccc2c1=O. The van der Waals surface area contributed by atoms with Gasteiger partial charge in [-0.2, -0.15) is 10.2 Å². The van der Waals surface area contributed by atoms with Crippen molar-refractivity contribution in [2.24, 2.45) is 5.10 Å². The molecular formula is C19H17BrN4O3. The van der Waals surface area contributed by atoms with Gasteiger partial charge in [0, 0.05) is 22.0 Å². The molecule has 1 heterocycles. The number of ether oxygens (including phenoxy) is 1. The van der Waals surface area contributed by atoms with Gasteiger partial charge in [-0.05, 0) is 31.2 Å². The third-order valence-electron chi connectivity index (χ3n) is 3.94. The van der Waals surface area contributed by atoms with E-state index in [9.17, 15) is 9.59 Å². The first-order valence-corrected chi connectivity index (χ1v) is 9.01. The summed E-state index contributed by atoms with van der Waals surface area (Å²) in [7, 11) is 1.56. The molecule has 0 bridgehead atoms. The Morgan fingerprint density at radius 1 is 1.30 bits per heavy atom. The van der Waals surface area contributed by atoms with Gasteiger partial charge in [-0.3, -0.25) is 9.59 Å². The lowest BCUT2D eigenvalue weighted by atomic mass is 10.1. The summed E-state index contributed by atoms with van der Waals surface area (Å²) in [6.45, 7) is 2.16. The lowest BCUT2D eigenvalue weighted by molar-refractivity contribution is 0.0949. The fourth-order valence-electron chi connectivity index (χ4n) is 2.64. The molecule has 3 aromatic rings. The second-order valence-corrected chi connectivity index (χ2v) is 6.52. The molecule has 27 heavy (non-hydrogen) atoms. The average molecular weight is 429 g/mol. The maximum atomic E-state index is 12.6. The van der Waals surface area contributed by atoms with E-state index in [-0.39, 0.29) is 11.3 Å². The van der Waals surface area contributed by atoms with Crippen molar-refractivity contribution < 1.29 is 9.53 Å². The van der Waals surface area contributed by atoms with Crippen LogP contribution in [0.5, 0.6) is 5.75 Å². The number of aromatic nitrogens is 2. The molecule has 1 N–H and O–H groups in total. The average Bonchev–Trinajstić information content (AvgIpc) is 2.68. The Labute approximate surface area is 163 Å². The van der Waals surface area contributed by atoms with E-state index in [2.05, 4.69) is 31.6 Å². The summed E-state index contributed by atoms with van der Waals surface area (Å²) in [5.74, 6) is 0.123. The van der Waals surface area contributed by atoms with Gasteiger partial charge in [0.1, 0.15) is 5.75 Å². The lowest BCUT2D eigenvalue weighted by Gasteiger charge is -2.08. The van der Waals surface area contributed by atoms with Crippen molar-refractivity contribution in [3.63, 3.8) is 0 Å². The first-order valence-electron chi connectivity index (χ1n) is 8.22. The molecule has 2 aromatic carbocycles. The smallest absolute Gasteiger partial charge is 0.292 e. The number of hydrazone groups is 1. The maximum absolute atomic E-state index is 12.6. The molecule has 0 fully saturated rings. The van der Waals surface area contributed by atoms with Crippen LogP contribution in [-0.4, -0.2) is 29.0 Å². The highest BCUT2D eigenvalue weighted by Crippen LogP contribution is 2.21. The largest absolute Gasteiger partial charge is 0.496 e. The van der Waals surface area contributed by atoms with Crippen LogP contribution in [0.2, 0.25) is 0 Å². The quantitative estimate of drug-likeness (QED) is 0.499. The molecule has 1 amide bonds. The van der Waals surface area contributed by atoms with Crippen molar-refractivity contribution in [2.75, 3.05) is 7.11 Å². The Morgan fingerprint density at radius 2 is 2.04 bits per heavy atom. The van der Waals surface area contributed by atoms with Gasteiger partial charge >= 0.3 is 0 Å². The number of carbonyl (C=O) groups excluding carboxylic acids is 1. The minimum atomic E-state index is -0.501. The van der Waals surface area contributed by atoms with Crippen molar-refractivity contribution in [1.82, 2.24) is 15.2 Å². The summed E-state index contributed by atoms with van der Waals surface area (Å²) in [4.78, 5) is 25.0. The highest BCUT2D eigenvalue weighted by molar-refractivity contribution is 9.10. The van der Waals surface area contributed by atoms with Crippen molar-refractivity contribution in [2.45, 2.75) is 13.5 Å². The fraction of sp³-hybridized carbons (Fsp3) is 0.158. The van der Waals surface area contributed by atoms with Crippen LogP contribution >= 0.6 is 15.9 Å². The van der Waals surface area contributed by atoms with Crippen LogP contribution < -0.4 is 15.7 Å². The Kier molecular flexibility index (Phi) is 5.66. The monoisotopic (exact) mass is 428 g/mol. The summed E-state index contributed by atoms with van der Waals surface area (Å²) >= 11 is 3.39. The van der Waals surface area contributed by atoms with Crippen LogP contribution in [-0.2, 0) is 6.54 Å². The topological polar surface area (TPSA) is 85.6 Å². The van der Waals surface area contributed by atoms with E-state index < -0.39 is 5.91 Å². The molecule has 3 rings (SSSR count). The van der Waals surface area contributed by atoms with Gasteiger partial charge in [0.15, 0.2) is 5.69 Å². The van der Waals surface area contributed by atoms with Crippen molar-refractivity contribution in [3.8, 4) is 5.75 Å². The Morgan fingerprint density at radius 3 is 2.74 bits per heavy atom. The summed E-state index contributed by atoms with van der Waals surface area (Å²) in [6, 6.07) is 12.3. The first kappa shape index (κ1) is 18.8. The molecule has 0 unspecified atom stereocenters. The fourth-order valence-corrected chi connectivity index (χ4v) is 3.02. The Bertz CT molecular complexity index is 1090. The number of methoxy groups -OCH3 is 1. The van der Waals surface area contributed by atoms with E-state index in [0.29, 0.717) is 28.6 Å². The van der Waals surface area contributed by atoms with Crippen molar-refractivity contribution in [3.05, 3.63) is 68.5 Å². The zero-order valence-electron chi connectivity index (χ0n) is 14.8. The maximum Gasteiger partial charge on any atom is 0.292 e. The minimum absolute atomic E-state index is 0.144. The molecule has 1 aromatic heterocycles.